The van der Waals surface area contributed by atoms with Crippen LogP contribution in [-0.4, -0.2) is 19.3 Å². The fourth-order valence-corrected chi connectivity index (χ4v) is 4.69. The van der Waals surface area contributed by atoms with Crippen LogP contribution in [0.25, 0.3) is 10.9 Å². The molecule has 0 spiro atoms. The van der Waals surface area contributed by atoms with Crippen LogP contribution in [0.5, 0.6) is 0 Å². The van der Waals surface area contributed by atoms with Crippen LogP contribution in [0.1, 0.15) is 29.7 Å². The van der Waals surface area contributed by atoms with E-state index in [2.05, 4.69) is 17.4 Å². The van der Waals surface area contributed by atoms with Crippen molar-refractivity contribution in [1.82, 2.24) is 4.98 Å². The van der Waals surface area contributed by atoms with Gasteiger partial charge in [-0.1, -0.05) is 30.3 Å². The molecule has 3 aromatic rings. The van der Waals surface area contributed by atoms with Crippen molar-refractivity contribution in [2.24, 2.45) is 0 Å². The van der Waals surface area contributed by atoms with Gasteiger partial charge < -0.3 is 5.32 Å². The van der Waals surface area contributed by atoms with Crippen LogP contribution in [0.2, 0.25) is 0 Å². The van der Waals surface area contributed by atoms with E-state index in [-0.39, 0.29) is 5.88 Å². The van der Waals surface area contributed by atoms with Gasteiger partial charge in [0.1, 0.15) is 5.88 Å². The van der Waals surface area contributed by atoms with Gasteiger partial charge in [-0.3, -0.25) is 4.98 Å². The van der Waals surface area contributed by atoms with Gasteiger partial charge in [-0.2, -0.15) is 0 Å². The molecule has 0 atom stereocenters. The van der Waals surface area contributed by atoms with Gasteiger partial charge in [0.15, 0.2) is 9.84 Å². The third-order valence-electron chi connectivity index (χ3n) is 4.96. The maximum atomic E-state index is 12.7. The molecule has 1 aliphatic carbocycles. The number of nitrogens with zero attached hydrogens (tertiary/aromatic N) is 1. The molecule has 2 aromatic carbocycles. The zero-order valence-corrected chi connectivity index (χ0v) is 15.6. The predicted molar refractivity (Wildman–Crippen MR) is 105 cm³/mol. The van der Waals surface area contributed by atoms with Crippen molar-refractivity contribution in [3.63, 3.8) is 0 Å². The number of pyridine rings is 1. The Morgan fingerprint density at radius 2 is 1.81 bits per heavy atom. The number of benzene rings is 2. The molecule has 0 amide bonds. The number of anilines is 1. The van der Waals surface area contributed by atoms with E-state index < -0.39 is 9.84 Å². The van der Waals surface area contributed by atoms with Gasteiger partial charge in [0.2, 0.25) is 0 Å². The molecule has 1 aromatic heterocycles. The quantitative estimate of drug-likeness (QED) is 0.749. The minimum absolute atomic E-state index is 0.115. The van der Waals surface area contributed by atoms with Gasteiger partial charge in [0.05, 0.1) is 10.4 Å². The van der Waals surface area contributed by atoms with E-state index >= 15 is 0 Å². The summed E-state index contributed by atoms with van der Waals surface area (Å²) in [7, 11) is -3.39. The van der Waals surface area contributed by atoms with Gasteiger partial charge in [-0.25, -0.2) is 8.42 Å². The fraction of sp³-hybridized carbons (Fsp3) is 0.286. The highest BCUT2D eigenvalue weighted by molar-refractivity contribution is 7.91. The average molecular weight is 366 g/mol. The highest BCUT2D eigenvalue weighted by Gasteiger charge is 2.20. The summed E-state index contributed by atoms with van der Waals surface area (Å²) in [5.74, 6) is -0.115. The van der Waals surface area contributed by atoms with E-state index in [9.17, 15) is 8.42 Å². The summed E-state index contributed by atoms with van der Waals surface area (Å²) in [6.45, 7) is 2.05. The molecule has 0 unspecified atom stereocenters. The first-order valence-electron chi connectivity index (χ1n) is 8.98. The second kappa shape index (κ2) is 6.72. The van der Waals surface area contributed by atoms with E-state index in [4.69, 9.17) is 4.98 Å². The number of rotatable bonds is 4. The largest absolute Gasteiger partial charge is 0.370 e. The van der Waals surface area contributed by atoms with Crippen molar-refractivity contribution in [1.29, 1.82) is 0 Å². The Morgan fingerprint density at radius 3 is 2.62 bits per heavy atom. The van der Waals surface area contributed by atoms with E-state index in [0.717, 1.165) is 53.5 Å². The molecule has 1 N–H and O–H groups in total. The molecule has 0 radical (unpaired) electrons. The zero-order valence-electron chi connectivity index (χ0n) is 14.8. The number of hydrogen-bond donors (Lipinski definition) is 1. The van der Waals surface area contributed by atoms with Gasteiger partial charge >= 0.3 is 0 Å². The molecular weight excluding hydrogens is 344 g/mol. The molecule has 0 fully saturated rings. The van der Waals surface area contributed by atoms with Crippen molar-refractivity contribution < 1.29 is 8.42 Å². The van der Waals surface area contributed by atoms with Crippen molar-refractivity contribution in [3.8, 4) is 0 Å². The number of aromatic nitrogens is 1. The molecule has 134 valence electrons. The molecule has 0 saturated heterocycles. The fourth-order valence-electron chi connectivity index (χ4n) is 3.62. The van der Waals surface area contributed by atoms with Crippen molar-refractivity contribution in [2.75, 3.05) is 11.2 Å². The number of sulfone groups is 1. The minimum Gasteiger partial charge on any atom is -0.370 e. The predicted octanol–water partition coefficient (Wildman–Crippen LogP) is 4.27. The summed E-state index contributed by atoms with van der Waals surface area (Å²) < 4.78 is 25.4. The van der Waals surface area contributed by atoms with Crippen molar-refractivity contribution in [2.45, 2.75) is 37.5 Å². The first-order valence-corrected chi connectivity index (χ1v) is 10.6. The minimum atomic E-state index is -3.39. The summed E-state index contributed by atoms with van der Waals surface area (Å²) in [5, 5.41) is 4.25. The van der Waals surface area contributed by atoms with Crippen LogP contribution in [0, 0.1) is 6.92 Å². The maximum absolute atomic E-state index is 12.7. The van der Waals surface area contributed by atoms with Crippen LogP contribution in [-0.2, 0) is 22.7 Å². The Morgan fingerprint density at radius 1 is 1.04 bits per heavy atom. The molecule has 0 saturated carbocycles. The lowest BCUT2D eigenvalue weighted by Crippen LogP contribution is -2.18. The van der Waals surface area contributed by atoms with Crippen LogP contribution in [0.15, 0.2) is 53.4 Å². The normalized spacial score (nSPS) is 14.2. The highest BCUT2D eigenvalue weighted by atomic mass is 32.2. The molecular formula is C21H22N2O2S. The Labute approximate surface area is 154 Å². The first kappa shape index (κ1) is 17.0. The second-order valence-corrected chi connectivity index (χ2v) is 8.88. The van der Waals surface area contributed by atoms with Gasteiger partial charge in [0, 0.05) is 16.8 Å². The van der Waals surface area contributed by atoms with Crippen LogP contribution < -0.4 is 5.32 Å². The van der Waals surface area contributed by atoms with E-state index in [1.165, 1.54) is 5.56 Å². The zero-order chi connectivity index (χ0) is 18.1. The summed E-state index contributed by atoms with van der Waals surface area (Å²) in [5.41, 5.74) is 5.31. The highest BCUT2D eigenvalue weighted by Crippen LogP contribution is 2.34. The summed E-state index contributed by atoms with van der Waals surface area (Å²) in [6.07, 6.45) is 4.16. The van der Waals surface area contributed by atoms with Gasteiger partial charge in [-0.05, 0) is 61.9 Å². The van der Waals surface area contributed by atoms with E-state index in [0.29, 0.717) is 4.90 Å². The molecule has 1 heterocycles. The third-order valence-corrected chi connectivity index (χ3v) is 6.47. The second-order valence-electron chi connectivity index (χ2n) is 6.89. The van der Waals surface area contributed by atoms with Crippen molar-refractivity contribution in [3.05, 3.63) is 65.4 Å². The first-order chi connectivity index (χ1) is 12.5. The molecule has 5 heteroatoms. The lowest BCUT2D eigenvalue weighted by atomic mass is 9.92. The Bertz CT molecular complexity index is 1060. The van der Waals surface area contributed by atoms with Crippen LogP contribution in [0.3, 0.4) is 0 Å². The van der Waals surface area contributed by atoms with Gasteiger partial charge in [0.25, 0.3) is 0 Å². The Balaban J connectivity index is 1.76. The van der Waals surface area contributed by atoms with Crippen molar-refractivity contribution >= 4 is 26.4 Å². The average Bonchev–Trinajstić information content (AvgIpc) is 2.65. The summed E-state index contributed by atoms with van der Waals surface area (Å²) >= 11 is 0. The SMILES string of the molecule is Cc1ccc2c(NCS(=O)(=O)c3ccccc3)c3c(nc2c1)CCCC3. The molecule has 4 nitrogen and oxygen atoms in total. The monoisotopic (exact) mass is 366 g/mol. The Hall–Kier alpha value is -2.40. The van der Waals surface area contributed by atoms with Crippen LogP contribution >= 0.6 is 0 Å². The molecule has 0 bridgehead atoms. The smallest absolute Gasteiger partial charge is 0.196 e. The molecule has 4 rings (SSSR count). The lowest BCUT2D eigenvalue weighted by molar-refractivity contribution is 0.597. The van der Waals surface area contributed by atoms with E-state index in [1.54, 1.807) is 24.3 Å². The molecule has 26 heavy (non-hydrogen) atoms. The summed E-state index contributed by atoms with van der Waals surface area (Å²) in [6, 6.07) is 14.8. The lowest BCUT2D eigenvalue weighted by Gasteiger charge is -2.22. The Kier molecular flexibility index (Phi) is 4.41. The van der Waals surface area contributed by atoms with E-state index in [1.807, 2.05) is 19.1 Å². The van der Waals surface area contributed by atoms with Crippen LogP contribution in [0.4, 0.5) is 5.69 Å². The third kappa shape index (κ3) is 3.19. The number of hydrogen-bond acceptors (Lipinski definition) is 4. The number of aryl methyl sites for hydroxylation is 2. The topological polar surface area (TPSA) is 59.1 Å². The standard InChI is InChI=1S/C21H22N2O2S/c1-15-11-12-18-20(13-15)23-19-10-6-5-9-17(19)21(18)22-14-26(24,25)16-7-3-2-4-8-16/h2-4,7-8,11-13H,5-6,9-10,14H2,1H3,(H,22,23). The molecule has 1 aliphatic rings. The number of fused-ring (bicyclic) bond motifs is 2. The molecule has 0 aliphatic heterocycles. The summed E-state index contributed by atoms with van der Waals surface area (Å²) in [4.78, 5) is 5.19. The number of nitrogens with one attached hydrogen (secondary N) is 1. The van der Waals surface area contributed by atoms with Gasteiger partial charge in [-0.15, -0.1) is 0 Å². The maximum Gasteiger partial charge on any atom is 0.196 e.